The van der Waals surface area contributed by atoms with Crippen molar-refractivity contribution in [1.82, 2.24) is 26.6 Å². The molecule has 1 aromatic carbocycles. The minimum absolute atomic E-state index is 0.00862. The second kappa shape index (κ2) is 19.4. The summed E-state index contributed by atoms with van der Waals surface area (Å²) in [5, 5.41) is 40.3. The Bertz CT molecular complexity index is 1270. The van der Waals surface area contributed by atoms with Gasteiger partial charge in [0, 0.05) is 12.8 Å². The van der Waals surface area contributed by atoms with E-state index in [4.69, 9.17) is 0 Å². The number of hydrogen-bond acceptors (Lipinski definition) is 8. The van der Waals surface area contributed by atoms with Gasteiger partial charge in [-0.15, -0.1) is 0 Å². The Morgan fingerprint density at radius 2 is 1.26 bits per heavy atom. The molecule has 254 valence electrons. The van der Waals surface area contributed by atoms with Crippen molar-refractivity contribution in [1.29, 1.82) is 0 Å². The number of amides is 5. The highest BCUT2D eigenvalue weighted by atomic mass is 16.4. The Kier molecular flexibility index (Phi) is 16.5. The predicted molar refractivity (Wildman–Crippen MR) is 166 cm³/mol. The van der Waals surface area contributed by atoms with Crippen LogP contribution in [0.2, 0.25) is 0 Å². The molecule has 0 saturated carbocycles. The third kappa shape index (κ3) is 13.8. The highest BCUT2D eigenvalue weighted by Gasteiger charge is 2.32. The molecular formula is C31H45N5O10. The third-order valence-electron chi connectivity index (χ3n) is 7.03. The Balaban J connectivity index is 2.98. The number of carbonyl (C=O) groups excluding carboxylic acids is 5. The Morgan fingerprint density at radius 3 is 1.76 bits per heavy atom. The monoisotopic (exact) mass is 647 g/mol. The summed E-state index contributed by atoms with van der Waals surface area (Å²) < 4.78 is 0. The number of phenols is 1. The molecule has 0 spiro atoms. The van der Waals surface area contributed by atoms with Crippen molar-refractivity contribution in [2.24, 2.45) is 5.92 Å². The largest absolute Gasteiger partial charge is 0.508 e. The normalized spacial score (nSPS) is 14.9. The molecule has 5 amide bonds. The number of carboxylic acid groups (broad SMARTS) is 2. The van der Waals surface area contributed by atoms with E-state index in [1.165, 1.54) is 26.0 Å². The van der Waals surface area contributed by atoms with Crippen LogP contribution >= 0.6 is 0 Å². The standard InChI is InChI=1S/C31H45N5O10/c1-6-8-9-10-24(38)34-22(15-20-11-13-21(37)14-12-20)29(43)32-18(4)27(41)35-23(16-25(39)40)30(44)33-19(5)28(42)36-26(31(45)46)17(3)7-2/h8-9,11-14,17-19,22-23,26,37H,6-7,10,15-16H2,1-5H3,(H,32,43)(H,33,44)(H,34,38)(H,35,41)(H,36,42)(H,39,40)(H,45,46)/b9-8+/t17-,18-,19-,22-,23-,26-/m0/s1. The van der Waals surface area contributed by atoms with Gasteiger partial charge in [0.05, 0.1) is 6.42 Å². The van der Waals surface area contributed by atoms with Crippen LogP contribution in [-0.4, -0.2) is 87.0 Å². The summed E-state index contributed by atoms with van der Waals surface area (Å²) in [6.45, 7) is 7.85. The number of carbonyl (C=O) groups is 7. The van der Waals surface area contributed by atoms with Gasteiger partial charge in [0.15, 0.2) is 0 Å². The van der Waals surface area contributed by atoms with Gasteiger partial charge in [-0.05, 0) is 43.9 Å². The van der Waals surface area contributed by atoms with E-state index < -0.39 is 84.0 Å². The smallest absolute Gasteiger partial charge is 0.326 e. The Hall–Kier alpha value is -4.95. The van der Waals surface area contributed by atoms with Crippen LogP contribution in [0, 0.1) is 5.92 Å². The molecule has 0 aromatic heterocycles. The second-order valence-electron chi connectivity index (χ2n) is 10.9. The van der Waals surface area contributed by atoms with Crippen molar-refractivity contribution in [3.8, 4) is 5.75 Å². The number of aliphatic carboxylic acids is 2. The molecule has 1 aromatic rings. The first kappa shape index (κ1) is 39.1. The summed E-state index contributed by atoms with van der Waals surface area (Å²) in [7, 11) is 0. The van der Waals surface area contributed by atoms with Crippen LogP contribution in [0.15, 0.2) is 36.4 Å². The first-order valence-electron chi connectivity index (χ1n) is 15.0. The number of carboxylic acids is 2. The van der Waals surface area contributed by atoms with Crippen LogP contribution in [0.4, 0.5) is 0 Å². The number of aromatic hydroxyl groups is 1. The van der Waals surface area contributed by atoms with E-state index in [0.717, 1.165) is 0 Å². The molecule has 0 aliphatic heterocycles. The van der Waals surface area contributed by atoms with Gasteiger partial charge in [-0.3, -0.25) is 28.8 Å². The summed E-state index contributed by atoms with van der Waals surface area (Å²) >= 11 is 0. The zero-order chi connectivity index (χ0) is 35.0. The Morgan fingerprint density at radius 1 is 0.717 bits per heavy atom. The quantitative estimate of drug-likeness (QED) is 0.0959. The lowest BCUT2D eigenvalue weighted by atomic mass is 9.99. The second-order valence-corrected chi connectivity index (χ2v) is 10.9. The maximum atomic E-state index is 13.2. The molecule has 0 aliphatic carbocycles. The highest BCUT2D eigenvalue weighted by molar-refractivity contribution is 5.97. The van der Waals surface area contributed by atoms with Gasteiger partial charge in [-0.2, -0.15) is 0 Å². The topological polar surface area (TPSA) is 240 Å². The zero-order valence-electron chi connectivity index (χ0n) is 26.7. The third-order valence-corrected chi connectivity index (χ3v) is 7.03. The van der Waals surface area contributed by atoms with E-state index in [0.29, 0.717) is 18.4 Å². The number of nitrogens with one attached hydrogen (secondary N) is 5. The predicted octanol–water partition coefficient (Wildman–Crippen LogP) is 0.360. The maximum absolute atomic E-state index is 13.2. The van der Waals surface area contributed by atoms with E-state index in [1.807, 2.05) is 6.92 Å². The lowest BCUT2D eigenvalue weighted by Crippen LogP contribution is -2.58. The molecule has 1 rings (SSSR count). The van der Waals surface area contributed by atoms with E-state index in [-0.39, 0.29) is 18.6 Å². The number of phenolic OH excluding ortho intramolecular Hbond substituents is 1. The van der Waals surface area contributed by atoms with Crippen LogP contribution in [0.3, 0.4) is 0 Å². The molecule has 0 saturated heterocycles. The molecule has 0 bridgehead atoms. The fraction of sp³-hybridized carbons (Fsp3) is 0.516. The number of benzene rings is 1. The van der Waals surface area contributed by atoms with Crippen molar-refractivity contribution in [2.45, 2.75) is 96.9 Å². The molecule has 46 heavy (non-hydrogen) atoms. The average Bonchev–Trinajstić information content (AvgIpc) is 2.99. The number of allylic oxidation sites excluding steroid dienone is 1. The average molecular weight is 648 g/mol. The molecule has 15 heteroatoms. The summed E-state index contributed by atoms with van der Waals surface area (Å²) in [5.41, 5.74) is 0.606. The molecule has 6 atom stereocenters. The van der Waals surface area contributed by atoms with E-state index in [1.54, 1.807) is 38.1 Å². The van der Waals surface area contributed by atoms with E-state index >= 15 is 0 Å². The van der Waals surface area contributed by atoms with Crippen molar-refractivity contribution in [3.63, 3.8) is 0 Å². The maximum Gasteiger partial charge on any atom is 0.326 e. The first-order valence-corrected chi connectivity index (χ1v) is 15.0. The van der Waals surface area contributed by atoms with Crippen LogP contribution in [0.1, 0.15) is 65.9 Å². The minimum atomic E-state index is -1.65. The fourth-order valence-corrected chi connectivity index (χ4v) is 4.09. The molecule has 0 radical (unpaired) electrons. The van der Waals surface area contributed by atoms with E-state index in [2.05, 4.69) is 26.6 Å². The molecule has 0 heterocycles. The minimum Gasteiger partial charge on any atom is -0.508 e. The number of rotatable bonds is 19. The van der Waals surface area contributed by atoms with Crippen molar-refractivity contribution in [2.75, 3.05) is 0 Å². The highest BCUT2D eigenvalue weighted by Crippen LogP contribution is 2.12. The summed E-state index contributed by atoms with van der Waals surface area (Å²) in [4.78, 5) is 87.1. The van der Waals surface area contributed by atoms with Gasteiger partial charge < -0.3 is 41.9 Å². The van der Waals surface area contributed by atoms with Gasteiger partial charge in [-0.25, -0.2) is 4.79 Å². The van der Waals surface area contributed by atoms with Gasteiger partial charge in [0.2, 0.25) is 29.5 Å². The SMILES string of the molecule is CC/C=C/CC(=O)N[C@@H](Cc1ccc(O)cc1)C(=O)N[C@@H](C)C(=O)N[C@@H](CC(=O)O)C(=O)N[C@@H](C)C(=O)N[C@H](C(=O)O)[C@@H](C)CC. The molecule has 0 aliphatic rings. The van der Waals surface area contributed by atoms with Crippen LogP contribution in [0.25, 0.3) is 0 Å². The molecule has 8 N–H and O–H groups in total. The lowest BCUT2D eigenvalue weighted by molar-refractivity contribution is -0.144. The van der Waals surface area contributed by atoms with Crippen molar-refractivity contribution < 1.29 is 48.9 Å². The first-order chi connectivity index (χ1) is 21.6. The molecular weight excluding hydrogens is 602 g/mol. The van der Waals surface area contributed by atoms with Gasteiger partial charge in [0.1, 0.15) is 36.0 Å². The van der Waals surface area contributed by atoms with E-state index in [9.17, 15) is 48.9 Å². The summed E-state index contributed by atoms with van der Waals surface area (Å²) in [5.74, 6) is -7.05. The van der Waals surface area contributed by atoms with Crippen molar-refractivity contribution >= 4 is 41.5 Å². The van der Waals surface area contributed by atoms with Crippen molar-refractivity contribution in [3.05, 3.63) is 42.0 Å². The zero-order valence-corrected chi connectivity index (χ0v) is 26.7. The fourth-order valence-electron chi connectivity index (χ4n) is 4.09. The van der Waals surface area contributed by atoms with Crippen LogP contribution in [-0.2, 0) is 40.0 Å². The van der Waals surface area contributed by atoms with Gasteiger partial charge >= 0.3 is 11.9 Å². The summed E-state index contributed by atoms with van der Waals surface area (Å²) in [6.07, 6.45) is 3.79. The molecule has 0 fully saturated rings. The lowest BCUT2D eigenvalue weighted by Gasteiger charge is -2.25. The summed E-state index contributed by atoms with van der Waals surface area (Å²) in [6, 6.07) is -0.586. The molecule has 0 unspecified atom stereocenters. The number of hydrogen-bond donors (Lipinski definition) is 8. The van der Waals surface area contributed by atoms with Crippen LogP contribution in [0.5, 0.6) is 5.75 Å². The van der Waals surface area contributed by atoms with Gasteiger partial charge in [0.25, 0.3) is 0 Å². The Labute approximate surface area is 267 Å². The van der Waals surface area contributed by atoms with Gasteiger partial charge in [-0.1, -0.05) is 51.5 Å². The van der Waals surface area contributed by atoms with Crippen LogP contribution < -0.4 is 26.6 Å². The molecule has 15 nitrogen and oxygen atoms in total.